The number of hydrogen-bond acceptors (Lipinski definition) is 6. The summed E-state index contributed by atoms with van der Waals surface area (Å²) in [5.74, 6) is 1.50. The summed E-state index contributed by atoms with van der Waals surface area (Å²) in [5, 5.41) is 8.05. The van der Waals surface area contributed by atoms with Gasteiger partial charge in [0.2, 0.25) is 0 Å². The monoisotopic (exact) mass is 351 g/mol. The van der Waals surface area contributed by atoms with Crippen LogP contribution in [0.3, 0.4) is 0 Å². The molecule has 2 N–H and O–H groups in total. The van der Waals surface area contributed by atoms with Gasteiger partial charge >= 0.3 is 0 Å². The van der Waals surface area contributed by atoms with Gasteiger partial charge < -0.3 is 15.2 Å². The zero-order chi connectivity index (χ0) is 18.7. The predicted octanol–water partition coefficient (Wildman–Crippen LogP) is 2.17. The van der Waals surface area contributed by atoms with Crippen molar-refractivity contribution in [3.63, 3.8) is 0 Å². The number of amides is 1. The standard InChI is InChI=1S/C18H21N7O/c1-12(2)25-11-21-23-16(25)10-24(3)18(26)14-6-4-5-13(9-14)17-20-8-7-15(19)22-17/h4-9,11-12H,10H2,1-3H3,(H2,19,20,22). The molecule has 1 aromatic carbocycles. The SMILES string of the molecule is CC(C)n1cnnc1CN(C)C(=O)c1cccc(-c2nccc(N)n2)c1. The third-order valence-corrected chi connectivity index (χ3v) is 3.97. The first-order chi connectivity index (χ1) is 12.5. The van der Waals surface area contributed by atoms with Crippen LogP contribution in [-0.4, -0.2) is 42.6 Å². The largest absolute Gasteiger partial charge is 0.384 e. The summed E-state index contributed by atoms with van der Waals surface area (Å²) in [6, 6.07) is 9.03. The van der Waals surface area contributed by atoms with Gasteiger partial charge in [-0.2, -0.15) is 0 Å². The van der Waals surface area contributed by atoms with Crippen molar-refractivity contribution in [2.45, 2.75) is 26.4 Å². The Balaban J connectivity index is 1.81. The van der Waals surface area contributed by atoms with Gasteiger partial charge in [-0.1, -0.05) is 12.1 Å². The lowest BCUT2D eigenvalue weighted by Gasteiger charge is -2.18. The van der Waals surface area contributed by atoms with Crippen molar-refractivity contribution in [3.8, 4) is 11.4 Å². The fraction of sp³-hybridized carbons (Fsp3) is 0.278. The maximum absolute atomic E-state index is 12.8. The molecule has 0 fully saturated rings. The number of nitrogens with zero attached hydrogens (tertiary/aromatic N) is 6. The molecule has 0 unspecified atom stereocenters. The quantitative estimate of drug-likeness (QED) is 0.756. The van der Waals surface area contributed by atoms with Crippen molar-refractivity contribution >= 4 is 11.7 Å². The van der Waals surface area contributed by atoms with Crippen LogP contribution in [0.1, 0.15) is 36.1 Å². The molecular formula is C18H21N7O. The number of nitrogens with two attached hydrogens (primary N) is 1. The number of rotatable bonds is 5. The van der Waals surface area contributed by atoms with Gasteiger partial charge in [0, 0.05) is 30.4 Å². The summed E-state index contributed by atoms with van der Waals surface area (Å²) < 4.78 is 1.95. The first-order valence-corrected chi connectivity index (χ1v) is 8.28. The van der Waals surface area contributed by atoms with Crippen molar-refractivity contribution in [3.05, 3.63) is 54.2 Å². The number of benzene rings is 1. The van der Waals surface area contributed by atoms with Crippen molar-refractivity contribution in [1.29, 1.82) is 0 Å². The number of aromatic nitrogens is 5. The van der Waals surface area contributed by atoms with E-state index in [-0.39, 0.29) is 11.9 Å². The zero-order valence-corrected chi connectivity index (χ0v) is 15.0. The molecule has 3 rings (SSSR count). The maximum Gasteiger partial charge on any atom is 0.254 e. The van der Waals surface area contributed by atoms with Crippen LogP contribution in [0.2, 0.25) is 0 Å². The van der Waals surface area contributed by atoms with E-state index < -0.39 is 0 Å². The Kier molecular flexibility index (Phi) is 4.92. The first kappa shape index (κ1) is 17.5. The van der Waals surface area contributed by atoms with E-state index in [0.717, 1.165) is 11.4 Å². The third kappa shape index (κ3) is 3.69. The molecule has 0 saturated carbocycles. The van der Waals surface area contributed by atoms with Crippen LogP contribution in [0, 0.1) is 0 Å². The van der Waals surface area contributed by atoms with E-state index in [1.54, 1.807) is 48.7 Å². The fourth-order valence-electron chi connectivity index (χ4n) is 2.62. The topological polar surface area (TPSA) is 103 Å². The summed E-state index contributed by atoms with van der Waals surface area (Å²) >= 11 is 0. The Morgan fingerprint density at radius 1 is 1.31 bits per heavy atom. The molecular weight excluding hydrogens is 330 g/mol. The molecule has 2 heterocycles. The number of hydrogen-bond donors (Lipinski definition) is 1. The minimum absolute atomic E-state index is 0.117. The van der Waals surface area contributed by atoms with Crippen LogP contribution in [-0.2, 0) is 6.54 Å². The Labute approximate surface area is 151 Å². The third-order valence-electron chi connectivity index (χ3n) is 3.97. The first-order valence-electron chi connectivity index (χ1n) is 8.28. The second kappa shape index (κ2) is 7.30. The van der Waals surface area contributed by atoms with E-state index in [9.17, 15) is 4.79 Å². The van der Waals surface area contributed by atoms with Crippen LogP contribution in [0.25, 0.3) is 11.4 Å². The van der Waals surface area contributed by atoms with Crippen LogP contribution >= 0.6 is 0 Å². The van der Waals surface area contributed by atoms with Gasteiger partial charge in [0.25, 0.3) is 5.91 Å². The van der Waals surface area contributed by atoms with Crippen LogP contribution in [0.15, 0.2) is 42.9 Å². The molecule has 0 aliphatic heterocycles. The summed E-state index contributed by atoms with van der Waals surface area (Å²) in [7, 11) is 1.74. The smallest absolute Gasteiger partial charge is 0.254 e. The Morgan fingerprint density at radius 2 is 2.12 bits per heavy atom. The Morgan fingerprint density at radius 3 is 2.85 bits per heavy atom. The van der Waals surface area contributed by atoms with Gasteiger partial charge in [-0.3, -0.25) is 4.79 Å². The van der Waals surface area contributed by atoms with E-state index in [4.69, 9.17) is 5.73 Å². The minimum atomic E-state index is -0.117. The van der Waals surface area contributed by atoms with Gasteiger partial charge in [-0.25, -0.2) is 9.97 Å². The summed E-state index contributed by atoms with van der Waals surface area (Å²) in [5.41, 5.74) is 7.00. The highest BCUT2D eigenvalue weighted by molar-refractivity contribution is 5.95. The highest BCUT2D eigenvalue weighted by atomic mass is 16.2. The average Bonchev–Trinajstić information content (AvgIpc) is 3.09. The van der Waals surface area contributed by atoms with Crippen LogP contribution < -0.4 is 5.73 Å². The van der Waals surface area contributed by atoms with E-state index in [0.29, 0.717) is 23.8 Å². The normalized spacial score (nSPS) is 10.9. The molecule has 1 amide bonds. The molecule has 3 aromatic rings. The van der Waals surface area contributed by atoms with Crippen molar-refractivity contribution in [2.75, 3.05) is 12.8 Å². The highest BCUT2D eigenvalue weighted by Gasteiger charge is 2.17. The number of anilines is 1. The lowest BCUT2D eigenvalue weighted by molar-refractivity contribution is 0.0779. The summed E-state index contributed by atoms with van der Waals surface area (Å²) in [6.45, 7) is 4.46. The van der Waals surface area contributed by atoms with E-state index in [2.05, 4.69) is 20.2 Å². The zero-order valence-electron chi connectivity index (χ0n) is 15.0. The minimum Gasteiger partial charge on any atom is -0.384 e. The van der Waals surface area contributed by atoms with Crippen molar-refractivity contribution in [1.82, 2.24) is 29.6 Å². The lowest BCUT2D eigenvalue weighted by Crippen LogP contribution is -2.28. The maximum atomic E-state index is 12.8. The van der Waals surface area contributed by atoms with E-state index in [1.165, 1.54) is 0 Å². The molecule has 0 bridgehead atoms. The molecule has 0 radical (unpaired) electrons. The van der Waals surface area contributed by atoms with E-state index >= 15 is 0 Å². The molecule has 0 saturated heterocycles. The molecule has 134 valence electrons. The molecule has 0 spiro atoms. The Bertz CT molecular complexity index is 919. The van der Waals surface area contributed by atoms with Crippen molar-refractivity contribution < 1.29 is 4.79 Å². The molecule has 2 aromatic heterocycles. The molecule has 26 heavy (non-hydrogen) atoms. The number of carbonyl (C=O) groups is 1. The van der Waals surface area contributed by atoms with E-state index in [1.807, 2.05) is 24.5 Å². The Hall–Kier alpha value is -3.29. The molecule has 0 atom stereocenters. The lowest BCUT2D eigenvalue weighted by atomic mass is 10.1. The molecule has 8 nitrogen and oxygen atoms in total. The van der Waals surface area contributed by atoms with Gasteiger partial charge in [0.05, 0.1) is 6.54 Å². The number of carbonyl (C=O) groups excluding carboxylic acids is 1. The summed E-state index contributed by atoms with van der Waals surface area (Å²) in [4.78, 5) is 22.8. The second-order valence-corrected chi connectivity index (χ2v) is 6.30. The predicted molar refractivity (Wildman–Crippen MR) is 98.1 cm³/mol. The van der Waals surface area contributed by atoms with Gasteiger partial charge in [-0.15, -0.1) is 10.2 Å². The fourth-order valence-corrected chi connectivity index (χ4v) is 2.62. The second-order valence-electron chi connectivity index (χ2n) is 6.30. The van der Waals surface area contributed by atoms with Crippen molar-refractivity contribution in [2.24, 2.45) is 0 Å². The van der Waals surface area contributed by atoms with Gasteiger partial charge in [-0.05, 0) is 32.0 Å². The van der Waals surface area contributed by atoms with Gasteiger partial charge in [0.15, 0.2) is 11.6 Å². The van der Waals surface area contributed by atoms with Gasteiger partial charge in [0.1, 0.15) is 12.1 Å². The average molecular weight is 351 g/mol. The molecule has 0 aliphatic carbocycles. The highest BCUT2D eigenvalue weighted by Crippen LogP contribution is 2.18. The molecule has 8 heteroatoms. The summed E-state index contributed by atoms with van der Waals surface area (Å²) in [6.07, 6.45) is 3.27. The van der Waals surface area contributed by atoms with Crippen LogP contribution in [0.5, 0.6) is 0 Å². The van der Waals surface area contributed by atoms with Crippen LogP contribution in [0.4, 0.5) is 5.82 Å². The number of nitrogen functional groups attached to an aromatic ring is 1. The molecule has 0 aliphatic rings.